The number of nitrogens with zero attached hydrogens (tertiary/aromatic N) is 3. The van der Waals surface area contributed by atoms with Crippen LogP contribution < -0.4 is 4.90 Å². The SMILES string of the molecule is CN(C)c1ccc(/C=C/c2ncnc3ccccc23)cc1. The molecule has 1 aromatic heterocycles. The molecule has 0 aliphatic carbocycles. The normalized spacial score (nSPS) is 11.1. The van der Waals surface area contributed by atoms with Crippen LogP contribution in [-0.2, 0) is 0 Å². The molecule has 1 heterocycles. The number of fused-ring (bicyclic) bond motifs is 1. The van der Waals surface area contributed by atoms with Crippen LogP contribution in [0.5, 0.6) is 0 Å². The van der Waals surface area contributed by atoms with Crippen molar-refractivity contribution in [3.63, 3.8) is 0 Å². The lowest BCUT2D eigenvalue weighted by atomic mass is 10.1. The van der Waals surface area contributed by atoms with Gasteiger partial charge in [-0.25, -0.2) is 9.97 Å². The standard InChI is InChI=1S/C18H17N3/c1-21(2)15-10-7-14(8-11-15)9-12-18-16-5-3-4-6-17(16)19-13-20-18/h3-13H,1-2H3/b12-9+. The van der Waals surface area contributed by atoms with Crippen molar-refractivity contribution in [3.8, 4) is 0 Å². The average Bonchev–Trinajstić information content (AvgIpc) is 2.53. The highest BCUT2D eigenvalue weighted by Gasteiger charge is 1.99. The number of para-hydroxylation sites is 1. The molecule has 3 aromatic rings. The number of hydrogen-bond donors (Lipinski definition) is 0. The summed E-state index contributed by atoms with van der Waals surface area (Å²) in [5.41, 5.74) is 4.26. The summed E-state index contributed by atoms with van der Waals surface area (Å²) in [6, 6.07) is 16.5. The van der Waals surface area contributed by atoms with E-state index >= 15 is 0 Å². The van der Waals surface area contributed by atoms with Crippen LogP contribution in [-0.4, -0.2) is 24.1 Å². The van der Waals surface area contributed by atoms with Gasteiger partial charge in [0.25, 0.3) is 0 Å². The highest BCUT2D eigenvalue weighted by atomic mass is 15.1. The molecule has 104 valence electrons. The third kappa shape index (κ3) is 2.92. The van der Waals surface area contributed by atoms with Gasteiger partial charge >= 0.3 is 0 Å². The quantitative estimate of drug-likeness (QED) is 0.726. The molecule has 0 fully saturated rings. The summed E-state index contributed by atoms with van der Waals surface area (Å²) in [6.45, 7) is 0. The van der Waals surface area contributed by atoms with E-state index in [2.05, 4.69) is 45.2 Å². The molecule has 3 rings (SSSR count). The molecule has 0 radical (unpaired) electrons. The van der Waals surface area contributed by atoms with Crippen LogP contribution in [0.4, 0.5) is 5.69 Å². The highest BCUT2D eigenvalue weighted by molar-refractivity contribution is 5.88. The number of anilines is 1. The summed E-state index contributed by atoms with van der Waals surface area (Å²) < 4.78 is 0. The fraction of sp³-hybridized carbons (Fsp3) is 0.111. The Labute approximate surface area is 124 Å². The summed E-state index contributed by atoms with van der Waals surface area (Å²) in [5.74, 6) is 0. The van der Waals surface area contributed by atoms with Gasteiger partial charge in [-0.05, 0) is 29.8 Å². The van der Waals surface area contributed by atoms with Crippen LogP contribution in [0.3, 0.4) is 0 Å². The van der Waals surface area contributed by atoms with Crippen molar-refractivity contribution in [1.82, 2.24) is 9.97 Å². The molecule has 0 aliphatic rings. The fourth-order valence-corrected chi connectivity index (χ4v) is 2.22. The Kier molecular flexibility index (Phi) is 3.65. The summed E-state index contributed by atoms with van der Waals surface area (Å²) in [6.07, 6.45) is 5.72. The molecule has 21 heavy (non-hydrogen) atoms. The molecular formula is C18H17N3. The number of rotatable bonds is 3. The van der Waals surface area contributed by atoms with E-state index in [0.717, 1.165) is 22.2 Å². The van der Waals surface area contributed by atoms with E-state index in [1.165, 1.54) is 5.69 Å². The second-order valence-corrected chi connectivity index (χ2v) is 5.10. The van der Waals surface area contributed by atoms with Gasteiger partial charge in [0, 0.05) is 25.2 Å². The number of benzene rings is 2. The lowest BCUT2D eigenvalue weighted by Crippen LogP contribution is -2.07. The van der Waals surface area contributed by atoms with E-state index in [0.29, 0.717) is 0 Å². The largest absolute Gasteiger partial charge is 0.378 e. The average molecular weight is 275 g/mol. The van der Waals surface area contributed by atoms with E-state index < -0.39 is 0 Å². The molecule has 0 saturated heterocycles. The fourth-order valence-electron chi connectivity index (χ4n) is 2.22. The summed E-state index contributed by atoms with van der Waals surface area (Å²) in [5, 5.41) is 1.07. The van der Waals surface area contributed by atoms with Crippen LogP contribution in [0.2, 0.25) is 0 Å². The zero-order valence-corrected chi connectivity index (χ0v) is 12.2. The first-order chi connectivity index (χ1) is 10.2. The molecule has 3 heteroatoms. The second-order valence-electron chi connectivity index (χ2n) is 5.10. The van der Waals surface area contributed by atoms with E-state index in [1.54, 1.807) is 6.33 Å². The topological polar surface area (TPSA) is 29.0 Å². The van der Waals surface area contributed by atoms with Gasteiger partial charge in [-0.1, -0.05) is 36.4 Å². The summed E-state index contributed by atoms with van der Waals surface area (Å²) in [4.78, 5) is 10.7. The van der Waals surface area contributed by atoms with Crippen LogP contribution in [0.1, 0.15) is 11.3 Å². The van der Waals surface area contributed by atoms with Gasteiger partial charge in [-0.3, -0.25) is 0 Å². The van der Waals surface area contributed by atoms with Crippen molar-refractivity contribution in [2.75, 3.05) is 19.0 Å². The molecular weight excluding hydrogens is 258 g/mol. The van der Waals surface area contributed by atoms with Gasteiger partial charge in [-0.15, -0.1) is 0 Å². The van der Waals surface area contributed by atoms with Gasteiger partial charge < -0.3 is 4.90 Å². The summed E-state index contributed by atoms with van der Waals surface area (Å²) >= 11 is 0. The number of hydrogen-bond acceptors (Lipinski definition) is 3. The van der Waals surface area contributed by atoms with Gasteiger partial charge in [0.2, 0.25) is 0 Å². The zero-order valence-electron chi connectivity index (χ0n) is 12.2. The Bertz CT molecular complexity index is 769. The molecule has 0 bridgehead atoms. The second kappa shape index (κ2) is 5.75. The molecule has 0 amide bonds. The Hall–Kier alpha value is -2.68. The van der Waals surface area contributed by atoms with E-state index in [-0.39, 0.29) is 0 Å². The molecule has 2 aromatic carbocycles. The number of aromatic nitrogens is 2. The van der Waals surface area contributed by atoms with Crippen molar-refractivity contribution < 1.29 is 0 Å². The van der Waals surface area contributed by atoms with Crippen LogP contribution >= 0.6 is 0 Å². The van der Waals surface area contributed by atoms with E-state index in [4.69, 9.17) is 0 Å². The molecule has 0 aliphatic heterocycles. The van der Waals surface area contributed by atoms with Gasteiger partial charge in [0.05, 0.1) is 11.2 Å². The van der Waals surface area contributed by atoms with Crippen molar-refractivity contribution in [1.29, 1.82) is 0 Å². The van der Waals surface area contributed by atoms with Crippen molar-refractivity contribution in [3.05, 3.63) is 66.1 Å². The van der Waals surface area contributed by atoms with E-state index in [1.807, 2.05) is 44.4 Å². The van der Waals surface area contributed by atoms with Crippen LogP contribution in [0.15, 0.2) is 54.9 Å². The zero-order chi connectivity index (χ0) is 14.7. The molecule has 0 unspecified atom stereocenters. The Balaban J connectivity index is 1.91. The van der Waals surface area contributed by atoms with Crippen LogP contribution in [0.25, 0.3) is 23.1 Å². The minimum Gasteiger partial charge on any atom is -0.378 e. The maximum Gasteiger partial charge on any atom is 0.116 e. The van der Waals surface area contributed by atoms with Crippen molar-refractivity contribution >= 4 is 28.7 Å². The minimum atomic E-state index is 0.942. The van der Waals surface area contributed by atoms with Crippen LogP contribution in [0, 0.1) is 0 Å². The minimum absolute atomic E-state index is 0.942. The Morgan fingerprint density at radius 2 is 1.62 bits per heavy atom. The molecule has 0 saturated carbocycles. The van der Waals surface area contributed by atoms with Gasteiger partial charge in [0.15, 0.2) is 0 Å². The predicted octanol–water partition coefficient (Wildman–Crippen LogP) is 3.87. The van der Waals surface area contributed by atoms with Gasteiger partial charge in [0.1, 0.15) is 6.33 Å². The van der Waals surface area contributed by atoms with Gasteiger partial charge in [-0.2, -0.15) is 0 Å². The monoisotopic (exact) mass is 275 g/mol. The summed E-state index contributed by atoms with van der Waals surface area (Å²) in [7, 11) is 4.08. The Morgan fingerprint density at radius 3 is 2.38 bits per heavy atom. The molecule has 3 nitrogen and oxygen atoms in total. The maximum absolute atomic E-state index is 4.36. The van der Waals surface area contributed by atoms with Crippen molar-refractivity contribution in [2.45, 2.75) is 0 Å². The van der Waals surface area contributed by atoms with Crippen molar-refractivity contribution in [2.24, 2.45) is 0 Å². The first-order valence-electron chi connectivity index (χ1n) is 6.89. The van der Waals surface area contributed by atoms with E-state index in [9.17, 15) is 0 Å². The first kappa shape index (κ1) is 13.3. The lowest BCUT2D eigenvalue weighted by Gasteiger charge is -2.11. The molecule has 0 N–H and O–H groups in total. The Morgan fingerprint density at radius 1 is 0.857 bits per heavy atom. The lowest BCUT2D eigenvalue weighted by molar-refractivity contribution is 1.13. The molecule has 0 atom stereocenters. The maximum atomic E-state index is 4.36. The first-order valence-corrected chi connectivity index (χ1v) is 6.89. The highest BCUT2D eigenvalue weighted by Crippen LogP contribution is 2.18. The third-order valence-corrected chi connectivity index (χ3v) is 3.42. The molecule has 0 spiro atoms. The third-order valence-electron chi connectivity index (χ3n) is 3.42. The predicted molar refractivity (Wildman–Crippen MR) is 89.2 cm³/mol. The smallest absolute Gasteiger partial charge is 0.116 e.